The predicted molar refractivity (Wildman–Crippen MR) is 119 cm³/mol. The van der Waals surface area contributed by atoms with Gasteiger partial charge < -0.3 is 20.7 Å². The predicted octanol–water partition coefficient (Wildman–Crippen LogP) is 5.31. The third-order valence-electron chi connectivity index (χ3n) is 4.07. The van der Waals surface area contributed by atoms with Crippen LogP contribution in [-0.4, -0.2) is 25.0 Å². The first-order chi connectivity index (χ1) is 14.0. The van der Waals surface area contributed by atoms with Crippen molar-refractivity contribution in [2.45, 2.75) is 39.5 Å². The summed E-state index contributed by atoms with van der Waals surface area (Å²) in [6.07, 6.45) is 3.32. The summed E-state index contributed by atoms with van der Waals surface area (Å²) in [7, 11) is 0. The lowest BCUT2D eigenvalue weighted by Gasteiger charge is -2.12. The average molecular weight is 418 g/mol. The molecule has 6 nitrogen and oxygen atoms in total. The molecular formula is C22H28ClN3O3. The fourth-order valence-electron chi connectivity index (χ4n) is 2.54. The van der Waals surface area contributed by atoms with Gasteiger partial charge in [-0.3, -0.25) is 9.59 Å². The van der Waals surface area contributed by atoms with Gasteiger partial charge in [0.2, 0.25) is 11.8 Å². The summed E-state index contributed by atoms with van der Waals surface area (Å²) >= 11 is 6.19. The molecule has 7 heteroatoms. The van der Waals surface area contributed by atoms with E-state index in [0.29, 0.717) is 35.1 Å². The van der Waals surface area contributed by atoms with Gasteiger partial charge in [0.05, 0.1) is 23.9 Å². The molecule has 0 spiro atoms. The normalized spacial score (nSPS) is 10.3. The topological polar surface area (TPSA) is 79.5 Å². The number of benzene rings is 2. The van der Waals surface area contributed by atoms with Crippen molar-refractivity contribution in [2.75, 3.05) is 29.1 Å². The second-order valence-corrected chi connectivity index (χ2v) is 7.03. The summed E-state index contributed by atoms with van der Waals surface area (Å²) < 4.78 is 5.61. The van der Waals surface area contributed by atoms with E-state index >= 15 is 0 Å². The Morgan fingerprint density at radius 1 is 0.931 bits per heavy atom. The molecule has 0 atom stereocenters. The number of carbonyl (C=O) groups excluding carboxylic acids is 2. The molecule has 0 aliphatic heterocycles. The number of hydrogen-bond donors (Lipinski definition) is 3. The third-order valence-corrected chi connectivity index (χ3v) is 4.40. The molecule has 0 aliphatic carbocycles. The lowest BCUT2D eigenvalue weighted by molar-refractivity contribution is -0.116. The number of halogens is 1. The summed E-state index contributed by atoms with van der Waals surface area (Å²) in [6.45, 7) is 4.79. The van der Waals surface area contributed by atoms with Gasteiger partial charge in [-0.25, -0.2) is 0 Å². The molecular weight excluding hydrogens is 390 g/mol. The largest absolute Gasteiger partial charge is 0.494 e. The first-order valence-electron chi connectivity index (χ1n) is 9.87. The fourth-order valence-corrected chi connectivity index (χ4v) is 2.72. The quantitative estimate of drug-likeness (QED) is 0.433. The Labute approximate surface area is 177 Å². The van der Waals surface area contributed by atoms with Gasteiger partial charge in [-0.1, -0.05) is 31.9 Å². The number of amides is 2. The van der Waals surface area contributed by atoms with Crippen molar-refractivity contribution in [1.29, 1.82) is 0 Å². The fraction of sp³-hybridized carbons (Fsp3) is 0.364. The monoisotopic (exact) mass is 417 g/mol. The highest BCUT2D eigenvalue weighted by Gasteiger charge is 2.08. The van der Waals surface area contributed by atoms with Gasteiger partial charge in [0.1, 0.15) is 5.75 Å². The van der Waals surface area contributed by atoms with E-state index in [0.717, 1.165) is 25.0 Å². The number of unbranched alkanes of at least 4 members (excludes halogenated alkanes) is 1. The van der Waals surface area contributed by atoms with Gasteiger partial charge in [0.15, 0.2) is 0 Å². The van der Waals surface area contributed by atoms with Crippen LogP contribution in [0.2, 0.25) is 5.02 Å². The van der Waals surface area contributed by atoms with Crippen molar-refractivity contribution in [2.24, 2.45) is 0 Å². The third kappa shape index (κ3) is 8.03. The molecule has 2 rings (SSSR count). The smallest absolute Gasteiger partial charge is 0.243 e. The van der Waals surface area contributed by atoms with Crippen LogP contribution in [0.4, 0.5) is 17.1 Å². The molecule has 2 amide bonds. The van der Waals surface area contributed by atoms with Crippen LogP contribution in [0, 0.1) is 0 Å². The number of hydrogen-bond acceptors (Lipinski definition) is 4. The van der Waals surface area contributed by atoms with Crippen LogP contribution in [0.15, 0.2) is 42.5 Å². The van der Waals surface area contributed by atoms with Gasteiger partial charge in [0.25, 0.3) is 0 Å². The minimum absolute atomic E-state index is 0.0425. The van der Waals surface area contributed by atoms with Crippen LogP contribution in [0.1, 0.15) is 39.5 Å². The van der Waals surface area contributed by atoms with Crippen LogP contribution in [0.3, 0.4) is 0 Å². The highest BCUT2D eigenvalue weighted by molar-refractivity contribution is 6.33. The van der Waals surface area contributed by atoms with Crippen molar-refractivity contribution >= 4 is 40.5 Å². The highest BCUT2D eigenvalue weighted by Crippen LogP contribution is 2.25. The Hall–Kier alpha value is -2.73. The number of nitrogens with one attached hydrogen (secondary N) is 3. The lowest BCUT2D eigenvalue weighted by Crippen LogP contribution is -2.22. The maximum Gasteiger partial charge on any atom is 0.243 e. The van der Waals surface area contributed by atoms with E-state index in [4.69, 9.17) is 16.3 Å². The molecule has 0 fully saturated rings. The Kier molecular flexibility index (Phi) is 9.31. The highest BCUT2D eigenvalue weighted by atomic mass is 35.5. The van der Waals surface area contributed by atoms with Crippen LogP contribution in [0.25, 0.3) is 0 Å². The zero-order valence-corrected chi connectivity index (χ0v) is 17.6. The van der Waals surface area contributed by atoms with Crippen LogP contribution in [-0.2, 0) is 9.59 Å². The standard InChI is InChI=1S/C22H28ClN3O3/c1-3-5-13-29-18-10-7-16(8-11-18)25-22(28)15-24-20-14-17(9-12-19(20)23)26-21(27)6-4-2/h7-12,14,24H,3-6,13,15H2,1-2H3,(H,25,28)(H,26,27). The lowest BCUT2D eigenvalue weighted by atomic mass is 10.2. The molecule has 0 aliphatic rings. The number of ether oxygens (including phenoxy) is 1. The number of anilines is 3. The van der Waals surface area contributed by atoms with E-state index in [1.165, 1.54) is 0 Å². The second kappa shape index (κ2) is 12.0. The Bertz CT molecular complexity index is 809. The zero-order chi connectivity index (χ0) is 21.1. The molecule has 29 heavy (non-hydrogen) atoms. The Balaban J connectivity index is 1.86. The minimum atomic E-state index is -0.207. The van der Waals surface area contributed by atoms with Crippen molar-refractivity contribution < 1.29 is 14.3 Å². The number of carbonyl (C=O) groups is 2. The van der Waals surface area contributed by atoms with Gasteiger partial charge in [0, 0.05) is 17.8 Å². The SMILES string of the molecule is CCCCOc1ccc(NC(=O)CNc2cc(NC(=O)CCC)ccc2Cl)cc1. The van der Waals surface area contributed by atoms with Gasteiger partial charge >= 0.3 is 0 Å². The maximum atomic E-state index is 12.2. The minimum Gasteiger partial charge on any atom is -0.494 e. The molecule has 2 aromatic rings. The molecule has 0 saturated carbocycles. The van der Waals surface area contributed by atoms with Gasteiger partial charge in [-0.15, -0.1) is 0 Å². The molecule has 0 aromatic heterocycles. The molecule has 0 saturated heterocycles. The maximum absolute atomic E-state index is 12.2. The van der Waals surface area contributed by atoms with Crippen LogP contribution in [0.5, 0.6) is 5.75 Å². The molecule has 3 N–H and O–H groups in total. The second-order valence-electron chi connectivity index (χ2n) is 6.62. The first-order valence-corrected chi connectivity index (χ1v) is 10.3. The summed E-state index contributed by atoms with van der Waals surface area (Å²) in [5.41, 5.74) is 1.90. The zero-order valence-electron chi connectivity index (χ0n) is 16.9. The Morgan fingerprint density at radius 3 is 2.31 bits per heavy atom. The van der Waals surface area contributed by atoms with Crippen LogP contribution >= 0.6 is 11.6 Å². The summed E-state index contributed by atoms with van der Waals surface area (Å²) in [5.74, 6) is 0.519. The molecule has 0 heterocycles. The Morgan fingerprint density at radius 2 is 1.62 bits per heavy atom. The van der Waals surface area contributed by atoms with Gasteiger partial charge in [-0.2, -0.15) is 0 Å². The summed E-state index contributed by atoms with van der Waals surface area (Å²) in [6, 6.07) is 12.4. The van der Waals surface area contributed by atoms with Crippen molar-refractivity contribution in [3.05, 3.63) is 47.5 Å². The summed E-state index contributed by atoms with van der Waals surface area (Å²) in [4.78, 5) is 24.0. The van der Waals surface area contributed by atoms with E-state index in [2.05, 4.69) is 22.9 Å². The van der Waals surface area contributed by atoms with Crippen LogP contribution < -0.4 is 20.7 Å². The molecule has 0 radical (unpaired) electrons. The van der Waals surface area contributed by atoms with E-state index in [-0.39, 0.29) is 18.4 Å². The van der Waals surface area contributed by atoms with Crippen molar-refractivity contribution in [3.8, 4) is 5.75 Å². The number of rotatable bonds is 11. The summed E-state index contributed by atoms with van der Waals surface area (Å²) in [5, 5.41) is 9.11. The van der Waals surface area contributed by atoms with E-state index in [9.17, 15) is 9.59 Å². The van der Waals surface area contributed by atoms with Gasteiger partial charge in [-0.05, 0) is 55.3 Å². The van der Waals surface area contributed by atoms with Crippen molar-refractivity contribution in [3.63, 3.8) is 0 Å². The molecule has 0 bridgehead atoms. The van der Waals surface area contributed by atoms with E-state index in [1.54, 1.807) is 30.3 Å². The first kappa shape index (κ1) is 22.6. The van der Waals surface area contributed by atoms with E-state index in [1.807, 2.05) is 19.1 Å². The molecule has 2 aromatic carbocycles. The molecule has 156 valence electrons. The van der Waals surface area contributed by atoms with Crippen molar-refractivity contribution in [1.82, 2.24) is 0 Å². The average Bonchev–Trinajstić information content (AvgIpc) is 2.70. The van der Waals surface area contributed by atoms with E-state index < -0.39 is 0 Å². The molecule has 0 unspecified atom stereocenters.